The van der Waals surface area contributed by atoms with Gasteiger partial charge in [-0.2, -0.15) is 0 Å². The van der Waals surface area contributed by atoms with Gasteiger partial charge >= 0.3 is 5.97 Å². The number of fused-ring (bicyclic) bond motifs is 1. The van der Waals surface area contributed by atoms with Crippen LogP contribution in [-0.4, -0.2) is 20.6 Å². The largest absolute Gasteiger partial charge is 0.480 e. The first-order valence-corrected chi connectivity index (χ1v) is 4.77. The summed E-state index contributed by atoms with van der Waals surface area (Å²) < 4.78 is 1.73. The van der Waals surface area contributed by atoms with E-state index in [4.69, 9.17) is 5.11 Å². The van der Waals surface area contributed by atoms with Gasteiger partial charge in [-0.3, -0.25) is 0 Å². The summed E-state index contributed by atoms with van der Waals surface area (Å²) in [6.07, 6.45) is 0. The maximum absolute atomic E-state index is 10.9. The summed E-state index contributed by atoms with van der Waals surface area (Å²) >= 11 is 0. The summed E-state index contributed by atoms with van der Waals surface area (Å²) in [7, 11) is 0. The smallest absolute Gasteiger partial charge is 0.326 e. The number of nitrogens with zero attached hydrogens (tertiary/aromatic N) is 2. The molecule has 2 aromatic rings. The highest BCUT2D eigenvalue weighted by atomic mass is 16.4. The van der Waals surface area contributed by atoms with Crippen LogP contribution in [0.4, 0.5) is 0 Å². The number of rotatable bonds is 2. The molecule has 15 heavy (non-hydrogen) atoms. The van der Waals surface area contributed by atoms with Crippen molar-refractivity contribution < 1.29 is 9.90 Å². The van der Waals surface area contributed by atoms with E-state index in [0.717, 1.165) is 16.9 Å². The van der Waals surface area contributed by atoms with Gasteiger partial charge < -0.3 is 9.67 Å². The molecular formula is C11H12N2O2. The van der Waals surface area contributed by atoms with Crippen LogP contribution in [0.2, 0.25) is 0 Å². The van der Waals surface area contributed by atoms with Gasteiger partial charge in [-0.05, 0) is 26.0 Å². The number of benzene rings is 1. The number of aromatic nitrogens is 2. The summed E-state index contributed by atoms with van der Waals surface area (Å²) in [6, 6.07) is 6.96. The van der Waals surface area contributed by atoms with E-state index in [1.807, 2.05) is 31.2 Å². The maximum Gasteiger partial charge on any atom is 0.326 e. The molecule has 1 aromatic carbocycles. The lowest BCUT2D eigenvalue weighted by Crippen LogP contribution is -2.16. The van der Waals surface area contributed by atoms with Crippen LogP contribution in [0.15, 0.2) is 24.3 Å². The summed E-state index contributed by atoms with van der Waals surface area (Å²) in [6.45, 7) is 3.48. The predicted octanol–water partition coefficient (Wildman–Crippen LogP) is 1.99. The normalized spacial score (nSPS) is 12.9. The minimum Gasteiger partial charge on any atom is -0.480 e. The monoisotopic (exact) mass is 204 g/mol. The third-order valence-corrected chi connectivity index (χ3v) is 2.52. The topological polar surface area (TPSA) is 55.1 Å². The van der Waals surface area contributed by atoms with Crippen LogP contribution in [0.3, 0.4) is 0 Å². The lowest BCUT2D eigenvalue weighted by atomic mass is 10.3. The molecule has 0 aliphatic carbocycles. The second-order valence-corrected chi connectivity index (χ2v) is 3.53. The van der Waals surface area contributed by atoms with Crippen molar-refractivity contribution in [2.45, 2.75) is 19.9 Å². The van der Waals surface area contributed by atoms with Crippen molar-refractivity contribution in [1.29, 1.82) is 0 Å². The van der Waals surface area contributed by atoms with Gasteiger partial charge in [0.1, 0.15) is 11.9 Å². The molecule has 1 aromatic heterocycles. The molecule has 4 heteroatoms. The Balaban J connectivity index is 2.68. The third-order valence-electron chi connectivity index (χ3n) is 2.52. The molecule has 0 saturated carbocycles. The lowest BCUT2D eigenvalue weighted by molar-refractivity contribution is -0.140. The van der Waals surface area contributed by atoms with E-state index in [1.165, 1.54) is 0 Å². The molecule has 0 spiro atoms. The van der Waals surface area contributed by atoms with Crippen molar-refractivity contribution in [3.05, 3.63) is 30.1 Å². The molecule has 0 radical (unpaired) electrons. The predicted molar refractivity (Wildman–Crippen MR) is 56.8 cm³/mol. The van der Waals surface area contributed by atoms with Crippen LogP contribution < -0.4 is 0 Å². The highest BCUT2D eigenvalue weighted by Gasteiger charge is 2.18. The minimum absolute atomic E-state index is 0.586. The number of hydrogen-bond donors (Lipinski definition) is 1. The first-order chi connectivity index (χ1) is 7.11. The first kappa shape index (κ1) is 9.71. The van der Waals surface area contributed by atoms with E-state index < -0.39 is 12.0 Å². The summed E-state index contributed by atoms with van der Waals surface area (Å²) in [5.41, 5.74) is 1.70. The van der Waals surface area contributed by atoms with Gasteiger partial charge in [0.15, 0.2) is 0 Å². The summed E-state index contributed by atoms with van der Waals surface area (Å²) in [4.78, 5) is 15.3. The molecule has 4 nitrogen and oxygen atoms in total. The Morgan fingerprint density at radius 1 is 1.47 bits per heavy atom. The molecule has 1 N–H and O–H groups in total. The number of hydrogen-bond acceptors (Lipinski definition) is 2. The second-order valence-electron chi connectivity index (χ2n) is 3.53. The van der Waals surface area contributed by atoms with Gasteiger partial charge in [-0.25, -0.2) is 9.78 Å². The van der Waals surface area contributed by atoms with Crippen molar-refractivity contribution >= 4 is 17.0 Å². The zero-order valence-electron chi connectivity index (χ0n) is 8.64. The zero-order valence-corrected chi connectivity index (χ0v) is 8.64. The molecule has 1 heterocycles. The van der Waals surface area contributed by atoms with E-state index in [-0.39, 0.29) is 0 Å². The van der Waals surface area contributed by atoms with Gasteiger partial charge in [-0.15, -0.1) is 0 Å². The van der Waals surface area contributed by atoms with Crippen molar-refractivity contribution in [3.63, 3.8) is 0 Å². The van der Waals surface area contributed by atoms with Crippen LogP contribution >= 0.6 is 0 Å². The Bertz CT molecular complexity index is 516. The first-order valence-electron chi connectivity index (χ1n) is 4.77. The van der Waals surface area contributed by atoms with Crippen molar-refractivity contribution in [3.8, 4) is 0 Å². The molecule has 0 saturated heterocycles. The lowest BCUT2D eigenvalue weighted by Gasteiger charge is -2.11. The molecule has 0 bridgehead atoms. The summed E-state index contributed by atoms with van der Waals surface area (Å²) in [5, 5.41) is 8.99. The fourth-order valence-electron chi connectivity index (χ4n) is 1.76. The van der Waals surface area contributed by atoms with Crippen LogP contribution in [0.5, 0.6) is 0 Å². The zero-order chi connectivity index (χ0) is 11.0. The van der Waals surface area contributed by atoms with Crippen molar-refractivity contribution in [1.82, 2.24) is 9.55 Å². The fraction of sp³-hybridized carbons (Fsp3) is 0.273. The third kappa shape index (κ3) is 1.48. The van der Waals surface area contributed by atoms with Crippen molar-refractivity contribution in [2.75, 3.05) is 0 Å². The molecule has 1 atom stereocenters. The van der Waals surface area contributed by atoms with Gasteiger partial charge in [-0.1, -0.05) is 12.1 Å². The Morgan fingerprint density at radius 2 is 2.13 bits per heavy atom. The number of aliphatic carboxylic acids is 1. The Labute approximate surface area is 87.2 Å². The van der Waals surface area contributed by atoms with E-state index in [1.54, 1.807) is 11.5 Å². The van der Waals surface area contributed by atoms with Crippen LogP contribution in [0.1, 0.15) is 18.8 Å². The Hall–Kier alpha value is -1.84. The van der Waals surface area contributed by atoms with E-state index in [9.17, 15) is 4.79 Å². The van der Waals surface area contributed by atoms with Gasteiger partial charge in [0.2, 0.25) is 0 Å². The standard InChI is InChI=1S/C11H12N2O2/c1-7(11(14)15)13-8(2)12-9-5-3-4-6-10(9)13/h3-7H,1-2H3,(H,14,15). The van der Waals surface area contributed by atoms with Crippen molar-refractivity contribution in [2.24, 2.45) is 0 Å². The van der Waals surface area contributed by atoms with E-state index >= 15 is 0 Å². The molecule has 0 fully saturated rings. The van der Waals surface area contributed by atoms with Crippen LogP contribution in [0.25, 0.3) is 11.0 Å². The number of carboxylic acid groups (broad SMARTS) is 1. The SMILES string of the molecule is Cc1nc2ccccc2n1C(C)C(=O)O. The molecule has 78 valence electrons. The molecule has 0 aliphatic heterocycles. The molecular weight excluding hydrogens is 192 g/mol. The maximum atomic E-state index is 10.9. The minimum atomic E-state index is -0.846. The average molecular weight is 204 g/mol. The number of aryl methyl sites for hydroxylation is 1. The highest BCUT2D eigenvalue weighted by Crippen LogP contribution is 2.20. The molecule has 0 amide bonds. The molecule has 1 unspecified atom stereocenters. The Morgan fingerprint density at radius 3 is 2.80 bits per heavy atom. The fourth-order valence-corrected chi connectivity index (χ4v) is 1.76. The van der Waals surface area contributed by atoms with Gasteiger partial charge in [0.05, 0.1) is 11.0 Å². The number of para-hydroxylation sites is 2. The molecule has 0 aliphatic rings. The highest BCUT2D eigenvalue weighted by molar-refractivity contribution is 5.80. The van der Waals surface area contributed by atoms with E-state index in [0.29, 0.717) is 0 Å². The number of carbonyl (C=O) groups is 1. The second kappa shape index (κ2) is 3.38. The van der Waals surface area contributed by atoms with Crippen LogP contribution in [0, 0.1) is 6.92 Å². The number of imidazole rings is 1. The average Bonchev–Trinajstić information content (AvgIpc) is 2.52. The van der Waals surface area contributed by atoms with Gasteiger partial charge in [0.25, 0.3) is 0 Å². The Kier molecular flexibility index (Phi) is 2.19. The van der Waals surface area contributed by atoms with E-state index in [2.05, 4.69) is 4.98 Å². The van der Waals surface area contributed by atoms with Crippen LogP contribution in [-0.2, 0) is 4.79 Å². The number of carboxylic acids is 1. The summed E-state index contributed by atoms with van der Waals surface area (Å²) in [5.74, 6) is -0.118. The molecule has 2 rings (SSSR count). The van der Waals surface area contributed by atoms with Gasteiger partial charge in [0, 0.05) is 0 Å². The quantitative estimate of drug-likeness (QED) is 0.813.